The molecular formula is C19H21Cl2N3O. The summed E-state index contributed by atoms with van der Waals surface area (Å²) in [6.45, 7) is 4.22. The van der Waals surface area contributed by atoms with Gasteiger partial charge in [-0.15, -0.1) is 0 Å². The summed E-state index contributed by atoms with van der Waals surface area (Å²) in [7, 11) is 0. The van der Waals surface area contributed by atoms with Gasteiger partial charge in [0, 0.05) is 48.5 Å². The predicted octanol–water partition coefficient (Wildman–Crippen LogP) is 4.39. The second-order valence-corrected chi connectivity index (χ2v) is 7.02. The van der Waals surface area contributed by atoms with Gasteiger partial charge < -0.3 is 10.2 Å². The fourth-order valence-electron chi connectivity index (χ4n) is 2.88. The number of amides is 2. The molecule has 1 fully saturated rings. The van der Waals surface area contributed by atoms with Crippen LogP contribution in [0.1, 0.15) is 5.56 Å². The number of anilines is 1. The molecule has 0 atom stereocenters. The number of urea groups is 1. The number of halogens is 2. The Morgan fingerprint density at radius 2 is 1.68 bits per heavy atom. The first kappa shape index (κ1) is 18.1. The van der Waals surface area contributed by atoms with Gasteiger partial charge in [-0.25, -0.2) is 4.79 Å². The summed E-state index contributed by atoms with van der Waals surface area (Å²) < 4.78 is 0. The minimum Gasteiger partial charge on any atom is -0.322 e. The third kappa shape index (κ3) is 5.36. The lowest BCUT2D eigenvalue weighted by Crippen LogP contribution is -2.50. The molecule has 4 nitrogen and oxygen atoms in total. The van der Waals surface area contributed by atoms with Crippen LogP contribution < -0.4 is 5.32 Å². The molecule has 1 saturated heterocycles. The first-order chi connectivity index (χ1) is 12.1. The van der Waals surface area contributed by atoms with Gasteiger partial charge in [0.2, 0.25) is 0 Å². The summed E-state index contributed by atoms with van der Waals surface area (Å²) in [6.07, 6.45) is 0.992. The van der Waals surface area contributed by atoms with E-state index in [4.69, 9.17) is 23.2 Å². The quantitative estimate of drug-likeness (QED) is 0.857. The Hall–Kier alpha value is -1.75. The highest BCUT2D eigenvalue weighted by atomic mass is 35.5. The monoisotopic (exact) mass is 377 g/mol. The van der Waals surface area contributed by atoms with Crippen molar-refractivity contribution in [3.05, 3.63) is 64.1 Å². The SMILES string of the molecule is O=C(Nc1cccc(Cl)c1)N1CCN(CCc2ccc(Cl)cc2)CC1. The number of nitrogens with one attached hydrogen (secondary N) is 1. The van der Waals surface area contributed by atoms with E-state index in [1.807, 2.05) is 29.2 Å². The zero-order valence-electron chi connectivity index (χ0n) is 13.9. The molecule has 0 aliphatic carbocycles. The number of carbonyl (C=O) groups is 1. The predicted molar refractivity (Wildman–Crippen MR) is 104 cm³/mol. The van der Waals surface area contributed by atoms with E-state index in [1.54, 1.807) is 12.1 Å². The van der Waals surface area contributed by atoms with E-state index in [-0.39, 0.29) is 6.03 Å². The second-order valence-electron chi connectivity index (χ2n) is 6.15. The van der Waals surface area contributed by atoms with Crippen molar-refractivity contribution in [2.45, 2.75) is 6.42 Å². The van der Waals surface area contributed by atoms with Gasteiger partial charge in [-0.1, -0.05) is 41.4 Å². The molecule has 3 rings (SSSR count). The van der Waals surface area contributed by atoms with Gasteiger partial charge >= 0.3 is 6.03 Å². The molecule has 1 N–H and O–H groups in total. The van der Waals surface area contributed by atoms with Crippen LogP contribution in [0.2, 0.25) is 10.0 Å². The number of carbonyl (C=O) groups excluding carboxylic acids is 1. The minimum absolute atomic E-state index is 0.0698. The summed E-state index contributed by atoms with van der Waals surface area (Å²) in [5, 5.41) is 4.28. The molecule has 0 unspecified atom stereocenters. The standard InChI is InChI=1S/C19H21Cl2N3O/c20-16-6-4-15(5-7-16)8-9-23-10-12-24(13-11-23)19(25)22-18-3-1-2-17(21)14-18/h1-7,14H,8-13H2,(H,22,25). The molecule has 0 spiro atoms. The first-order valence-corrected chi connectivity index (χ1v) is 9.14. The van der Waals surface area contributed by atoms with Gasteiger partial charge in [0.05, 0.1) is 0 Å². The first-order valence-electron chi connectivity index (χ1n) is 8.38. The van der Waals surface area contributed by atoms with Gasteiger partial charge in [0.25, 0.3) is 0 Å². The molecule has 0 bridgehead atoms. The van der Waals surface area contributed by atoms with Crippen molar-refractivity contribution < 1.29 is 4.79 Å². The van der Waals surface area contributed by atoms with Crippen LogP contribution in [-0.4, -0.2) is 48.6 Å². The summed E-state index contributed by atoms with van der Waals surface area (Å²) in [5.74, 6) is 0. The van der Waals surface area contributed by atoms with Crippen molar-refractivity contribution in [1.29, 1.82) is 0 Å². The number of hydrogen-bond acceptors (Lipinski definition) is 2. The van der Waals surface area contributed by atoms with Gasteiger partial charge in [0.15, 0.2) is 0 Å². The average Bonchev–Trinajstić information content (AvgIpc) is 2.62. The number of rotatable bonds is 4. The van der Waals surface area contributed by atoms with Crippen LogP contribution in [0.3, 0.4) is 0 Å². The van der Waals surface area contributed by atoms with Gasteiger partial charge in [-0.2, -0.15) is 0 Å². The number of piperazine rings is 1. The Balaban J connectivity index is 1.43. The molecule has 25 heavy (non-hydrogen) atoms. The molecule has 2 aromatic carbocycles. The molecule has 1 heterocycles. The Labute approximate surface area is 158 Å². The van der Waals surface area contributed by atoms with Crippen LogP contribution in [0, 0.1) is 0 Å². The maximum Gasteiger partial charge on any atom is 0.321 e. The van der Waals surface area contributed by atoms with Crippen molar-refractivity contribution in [3.63, 3.8) is 0 Å². The van der Waals surface area contributed by atoms with Crippen molar-refractivity contribution in [2.75, 3.05) is 38.0 Å². The normalized spacial score (nSPS) is 15.2. The van der Waals surface area contributed by atoms with Crippen LogP contribution in [0.15, 0.2) is 48.5 Å². The van der Waals surface area contributed by atoms with Crippen molar-refractivity contribution in [2.24, 2.45) is 0 Å². The maximum atomic E-state index is 12.3. The molecule has 2 amide bonds. The summed E-state index contributed by atoms with van der Waals surface area (Å²) in [6, 6.07) is 15.1. The maximum absolute atomic E-state index is 12.3. The van der Waals surface area contributed by atoms with E-state index in [1.165, 1.54) is 5.56 Å². The minimum atomic E-state index is -0.0698. The third-order valence-electron chi connectivity index (χ3n) is 4.37. The van der Waals surface area contributed by atoms with E-state index >= 15 is 0 Å². The summed E-state index contributed by atoms with van der Waals surface area (Å²) in [5.41, 5.74) is 2.01. The largest absolute Gasteiger partial charge is 0.322 e. The Bertz CT molecular complexity index is 713. The van der Waals surface area contributed by atoms with E-state index < -0.39 is 0 Å². The number of nitrogens with zero attached hydrogens (tertiary/aromatic N) is 2. The molecule has 2 aromatic rings. The van der Waals surface area contributed by atoms with Gasteiger partial charge in [0.1, 0.15) is 0 Å². The van der Waals surface area contributed by atoms with E-state index in [9.17, 15) is 4.79 Å². The lowest BCUT2D eigenvalue weighted by Gasteiger charge is -2.34. The van der Waals surface area contributed by atoms with Crippen molar-refractivity contribution in [1.82, 2.24) is 9.80 Å². The fraction of sp³-hybridized carbons (Fsp3) is 0.316. The highest BCUT2D eigenvalue weighted by Crippen LogP contribution is 2.16. The smallest absolute Gasteiger partial charge is 0.321 e. The van der Waals surface area contributed by atoms with Gasteiger partial charge in [-0.05, 0) is 42.3 Å². The zero-order valence-corrected chi connectivity index (χ0v) is 15.4. The van der Waals surface area contributed by atoms with Gasteiger partial charge in [-0.3, -0.25) is 4.90 Å². The Kier molecular flexibility index (Phi) is 6.19. The Morgan fingerprint density at radius 3 is 2.36 bits per heavy atom. The second kappa shape index (κ2) is 8.56. The lowest BCUT2D eigenvalue weighted by molar-refractivity contribution is 0.148. The Morgan fingerprint density at radius 1 is 0.960 bits per heavy atom. The molecule has 0 aromatic heterocycles. The lowest BCUT2D eigenvalue weighted by atomic mass is 10.1. The van der Waals surface area contributed by atoms with Crippen LogP contribution in [-0.2, 0) is 6.42 Å². The number of hydrogen-bond donors (Lipinski definition) is 1. The molecule has 1 aliphatic heterocycles. The zero-order chi connectivity index (χ0) is 17.6. The van der Waals surface area contributed by atoms with E-state index in [0.29, 0.717) is 5.02 Å². The fourth-order valence-corrected chi connectivity index (χ4v) is 3.20. The van der Waals surface area contributed by atoms with Crippen LogP contribution in [0.25, 0.3) is 0 Å². The third-order valence-corrected chi connectivity index (χ3v) is 4.85. The van der Waals surface area contributed by atoms with Crippen LogP contribution in [0.4, 0.5) is 10.5 Å². The molecule has 0 saturated carbocycles. The van der Waals surface area contributed by atoms with Crippen molar-refractivity contribution >= 4 is 34.9 Å². The van der Waals surface area contributed by atoms with E-state index in [2.05, 4.69) is 22.3 Å². The molecule has 1 aliphatic rings. The van der Waals surface area contributed by atoms with Crippen molar-refractivity contribution in [3.8, 4) is 0 Å². The summed E-state index contributed by atoms with van der Waals surface area (Å²) in [4.78, 5) is 16.6. The van der Waals surface area contributed by atoms with Crippen LogP contribution in [0.5, 0.6) is 0 Å². The molecule has 6 heteroatoms. The summed E-state index contributed by atoms with van der Waals surface area (Å²) >= 11 is 11.9. The topological polar surface area (TPSA) is 35.6 Å². The highest BCUT2D eigenvalue weighted by molar-refractivity contribution is 6.31. The van der Waals surface area contributed by atoms with E-state index in [0.717, 1.165) is 49.9 Å². The molecular weight excluding hydrogens is 357 g/mol. The van der Waals surface area contributed by atoms with Crippen LogP contribution >= 0.6 is 23.2 Å². The highest BCUT2D eigenvalue weighted by Gasteiger charge is 2.20. The molecule has 132 valence electrons. The average molecular weight is 378 g/mol. The number of benzene rings is 2. The molecule has 0 radical (unpaired) electrons.